The highest BCUT2D eigenvalue weighted by atomic mass is 19.4. The third-order valence-electron chi connectivity index (χ3n) is 3.17. The van der Waals surface area contributed by atoms with Crippen LogP contribution in [0.25, 0.3) is 0 Å². The van der Waals surface area contributed by atoms with Crippen molar-refractivity contribution in [2.75, 3.05) is 25.4 Å². The van der Waals surface area contributed by atoms with Crippen LogP contribution in [0.2, 0.25) is 0 Å². The number of hydrogen-bond acceptors (Lipinski definition) is 3. The van der Waals surface area contributed by atoms with Gasteiger partial charge in [0.1, 0.15) is 5.75 Å². The number of nitrogens with zero attached hydrogens (tertiary/aromatic N) is 1. The van der Waals surface area contributed by atoms with Gasteiger partial charge in [-0.2, -0.15) is 13.2 Å². The zero-order chi connectivity index (χ0) is 15.5. The minimum absolute atomic E-state index is 0.0429. The van der Waals surface area contributed by atoms with Crippen molar-refractivity contribution in [3.05, 3.63) is 35.9 Å². The lowest BCUT2D eigenvalue weighted by Crippen LogP contribution is -2.39. The van der Waals surface area contributed by atoms with Crippen LogP contribution in [0.5, 0.6) is 5.75 Å². The summed E-state index contributed by atoms with van der Waals surface area (Å²) in [6.45, 7) is -0.201. The van der Waals surface area contributed by atoms with Crippen molar-refractivity contribution >= 4 is 11.6 Å². The van der Waals surface area contributed by atoms with Crippen LogP contribution < -0.4 is 10.5 Å². The predicted octanol–water partition coefficient (Wildman–Crippen LogP) is 2.37. The summed E-state index contributed by atoms with van der Waals surface area (Å²) in [5.74, 6) is 0.144. The number of nitrogens with two attached hydrogens (primary N) is 1. The summed E-state index contributed by atoms with van der Waals surface area (Å²) >= 11 is 0. The first-order valence-corrected chi connectivity index (χ1v) is 6.38. The molecule has 0 fully saturated rings. The molecule has 1 aliphatic rings. The van der Waals surface area contributed by atoms with Crippen molar-refractivity contribution in [1.29, 1.82) is 0 Å². The highest BCUT2D eigenvalue weighted by molar-refractivity contribution is 5.78. The number of carbonyl (C=O) groups excluding carboxylic acids is 1. The molecule has 1 heterocycles. The van der Waals surface area contributed by atoms with Gasteiger partial charge in [-0.3, -0.25) is 4.79 Å². The number of anilines is 1. The quantitative estimate of drug-likeness (QED) is 0.689. The van der Waals surface area contributed by atoms with E-state index in [4.69, 9.17) is 10.5 Å². The van der Waals surface area contributed by atoms with Crippen LogP contribution >= 0.6 is 0 Å². The van der Waals surface area contributed by atoms with E-state index in [2.05, 4.69) is 0 Å². The van der Waals surface area contributed by atoms with Gasteiger partial charge in [0.25, 0.3) is 5.91 Å². The van der Waals surface area contributed by atoms with Crippen molar-refractivity contribution in [3.8, 4) is 5.75 Å². The standard InChI is InChI=1S/C14H15F3N2O2/c15-14(16,17)10-5-7-19(8-6-10)13(20)9-21-12-3-1-11(18)2-4-12/h1-5H,6-9,18H2. The van der Waals surface area contributed by atoms with Gasteiger partial charge in [0.05, 0.1) is 0 Å². The predicted molar refractivity (Wildman–Crippen MR) is 71.7 cm³/mol. The maximum Gasteiger partial charge on any atom is 0.412 e. The Morgan fingerprint density at radius 2 is 1.95 bits per heavy atom. The van der Waals surface area contributed by atoms with Crippen LogP contribution in [-0.4, -0.2) is 36.7 Å². The number of hydrogen-bond donors (Lipinski definition) is 1. The van der Waals surface area contributed by atoms with E-state index in [0.717, 1.165) is 6.08 Å². The lowest BCUT2D eigenvalue weighted by molar-refractivity contribution is -0.134. The van der Waals surface area contributed by atoms with Crippen molar-refractivity contribution in [1.82, 2.24) is 4.90 Å². The molecular weight excluding hydrogens is 285 g/mol. The summed E-state index contributed by atoms with van der Waals surface area (Å²) in [5, 5.41) is 0. The molecular formula is C14H15F3N2O2. The van der Waals surface area contributed by atoms with Crippen LogP contribution in [0.15, 0.2) is 35.9 Å². The molecule has 0 aliphatic carbocycles. The average Bonchev–Trinajstić information content (AvgIpc) is 2.45. The summed E-state index contributed by atoms with van der Waals surface area (Å²) in [7, 11) is 0. The van der Waals surface area contributed by atoms with E-state index in [0.29, 0.717) is 11.4 Å². The molecule has 0 saturated heterocycles. The second kappa shape index (κ2) is 6.07. The third-order valence-corrected chi connectivity index (χ3v) is 3.17. The normalized spacial score (nSPS) is 15.6. The molecule has 1 amide bonds. The molecule has 2 rings (SSSR count). The molecule has 0 bridgehead atoms. The average molecular weight is 300 g/mol. The molecule has 0 saturated carbocycles. The maximum atomic E-state index is 12.5. The lowest BCUT2D eigenvalue weighted by Gasteiger charge is -2.27. The minimum atomic E-state index is -4.31. The number of alkyl halides is 3. The topological polar surface area (TPSA) is 55.6 Å². The van der Waals surface area contributed by atoms with Crippen molar-refractivity contribution < 1.29 is 22.7 Å². The molecule has 1 aliphatic heterocycles. The number of carbonyl (C=O) groups is 1. The summed E-state index contributed by atoms with van der Waals surface area (Å²) < 4.78 is 42.7. The Kier molecular flexibility index (Phi) is 4.40. The van der Waals surface area contributed by atoms with E-state index in [1.807, 2.05) is 0 Å². The molecule has 0 atom stereocenters. The Morgan fingerprint density at radius 3 is 2.48 bits per heavy atom. The minimum Gasteiger partial charge on any atom is -0.484 e. The fraction of sp³-hybridized carbons (Fsp3) is 0.357. The van der Waals surface area contributed by atoms with Crippen LogP contribution in [-0.2, 0) is 4.79 Å². The largest absolute Gasteiger partial charge is 0.484 e. The molecule has 0 aromatic heterocycles. The van der Waals surface area contributed by atoms with Crippen molar-refractivity contribution in [2.24, 2.45) is 0 Å². The Morgan fingerprint density at radius 1 is 1.29 bits per heavy atom. The summed E-state index contributed by atoms with van der Waals surface area (Å²) in [6.07, 6.45) is -3.45. The SMILES string of the molecule is Nc1ccc(OCC(=O)N2CC=C(C(F)(F)F)CC2)cc1. The van der Waals surface area contributed by atoms with Crippen molar-refractivity contribution in [3.63, 3.8) is 0 Å². The van der Waals surface area contributed by atoms with Gasteiger partial charge >= 0.3 is 6.18 Å². The van der Waals surface area contributed by atoms with E-state index >= 15 is 0 Å². The number of benzene rings is 1. The van der Waals surface area contributed by atoms with Gasteiger partial charge in [-0.15, -0.1) is 0 Å². The summed E-state index contributed by atoms with van der Waals surface area (Å²) in [5.41, 5.74) is 5.52. The maximum absolute atomic E-state index is 12.5. The van der Waals surface area contributed by atoms with E-state index < -0.39 is 11.7 Å². The highest BCUT2D eigenvalue weighted by Crippen LogP contribution is 2.30. The fourth-order valence-corrected chi connectivity index (χ4v) is 1.95. The highest BCUT2D eigenvalue weighted by Gasteiger charge is 2.35. The van der Waals surface area contributed by atoms with Crippen LogP contribution in [0.1, 0.15) is 6.42 Å². The first-order valence-electron chi connectivity index (χ1n) is 6.38. The second-order valence-electron chi connectivity index (χ2n) is 4.67. The van der Waals surface area contributed by atoms with Crippen molar-refractivity contribution in [2.45, 2.75) is 12.6 Å². The Balaban J connectivity index is 1.85. The van der Waals surface area contributed by atoms with Crippen LogP contribution in [0.3, 0.4) is 0 Å². The number of amides is 1. The van der Waals surface area contributed by atoms with Gasteiger partial charge in [-0.25, -0.2) is 0 Å². The fourth-order valence-electron chi connectivity index (χ4n) is 1.95. The van der Waals surface area contributed by atoms with Gasteiger partial charge in [0.15, 0.2) is 6.61 Å². The molecule has 0 spiro atoms. The number of rotatable bonds is 3. The molecule has 1 aromatic rings. The number of nitrogen functional groups attached to an aromatic ring is 1. The van der Waals surface area contributed by atoms with Gasteiger partial charge in [-0.1, -0.05) is 6.08 Å². The smallest absolute Gasteiger partial charge is 0.412 e. The molecule has 2 N–H and O–H groups in total. The molecule has 21 heavy (non-hydrogen) atoms. The van der Waals surface area contributed by atoms with Crippen LogP contribution in [0, 0.1) is 0 Å². The molecule has 1 aromatic carbocycles. The molecule has 4 nitrogen and oxygen atoms in total. The Labute approximate surface area is 120 Å². The lowest BCUT2D eigenvalue weighted by atomic mass is 10.1. The molecule has 0 unspecified atom stereocenters. The zero-order valence-corrected chi connectivity index (χ0v) is 11.2. The van der Waals surface area contributed by atoms with Gasteiger partial charge in [0, 0.05) is 24.4 Å². The zero-order valence-electron chi connectivity index (χ0n) is 11.2. The molecule has 7 heteroatoms. The summed E-state index contributed by atoms with van der Waals surface area (Å²) in [6, 6.07) is 6.53. The second-order valence-corrected chi connectivity index (χ2v) is 4.67. The van der Waals surface area contributed by atoms with Gasteiger partial charge < -0.3 is 15.4 Å². The molecule has 0 radical (unpaired) electrons. The van der Waals surface area contributed by atoms with Gasteiger partial charge in [-0.05, 0) is 30.7 Å². The first-order chi connectivity index (χ1) is 9.86. The van der Waals surface area contributed by atoms with E-state index in [1.165, 1.54) is 4.90 Å². The van der Waals surface area contributed by atoms with Crippen LogP contribution in [0.4, 0.5) is 18.9 Å². The Bertz CT molecular complexity index is 538. The Hall–Kier alpha value is -2.18. The summed E-state index contributed by atoms with van der Waals surface area (Å²) in [4.78, 5) is 13.2. The van der Waals surface area contributed by atoms with Gasteiger partial charge in [0.2, 0.25) is 0 Å². The first kappa shape index (κ1) is 15.2. The monoisotopic (exact) mass is 300 g/mol. The van der Waals surface area contributed by atoms with E-state index in [1.54, 1.807) is 24.3 Å². The molecule has 114 valence electrons. The number of halogens is 3. The van der Waals surface area contributed by atoms with E-state index in [-0.39, 0.29) is 32.0 Å². The van der Waals surface area contributed by atoms with E-state index in [9.17, 15) is 18.0 Å². The number of ether oxygens (including phenoxy) is 1. The third kappa shape index (κ3) is 4.14.